The Bertz CT molecular complexity index is 211. The quantitative estimate of drug-likeness (QED) is 0.628. The molecule has 0 fully saturated rings. The van der Waals surface area contributed by atoms with Gasteiger partial charge in [0.1, 0.15) is 5.54 Å². The maximum absolute atomic E-state index is 11.2. The minimum Gasteiger partial charge on any atom is -0.357 e. The molecular formula is C8H17N3O2. The lowest BCUT2D eigenvalue weighted by atomic mass is 10.1. The van der Waals surface area contributed by atoms with Crippen LogP contribution in [0.25, 0.3) is 0 Å². The summed E-state index contributed by atoms with van der Waals surface area (Å²) in [6.45, 7) is 3.29. The van der Waals surface area contributed by atoms with E-state index in [0.717, 1.165) is 0 Å². The summed E-state index contributed by atoms with van der Waals surface area (Å²) in [6.07, 6.45) is 0. The topological polar surface area (TPSA) is 61.4 Å². The number of rotatable bonds is 2. The third kappa shape index (κ3) is 3.31. The Morgan fingerprint density at radius 1 is 1.23 bits per heavy atom. The van der Waals surface area contributed by atoms with Crippen LogP contribution in [0.5, 0.6) is 0 Å². The molecule has 0 aromatic heterocycles. The molecule has 0 saturated carbocycles. The highest BCUT2D eigenvalue weighted by Crippen LogP contribution is 2.01. The number of carbonyl (C=O) groups is 2. The van der Waals surface area contributed by atoms with Gasteiger partial charge in [0, 0.05) is 21.1 Å². The van der Waals surface area contributed by atoms with Crippen molar-refractivity contribution in [2.24, 2.45) is 0 Å². The fraction of sp³-hybridized carbons (Fsp3) is 0.750. The van der Waals surface area contributed by atoms with Gasteiger partial charge >= 0.3 is 6.03 Å². The number of urea groups is 1. The van der Waals surface area contributed by atoms with Crippen LogP contribution in [-0.4, -0.2) is 43.5 Å². The molecule has 13 heavy (non-hydrogen) atoms. The van der Waals surface area contributed by atoms with Crippen molar-refractivity contribution in [3.8, 4) is 0 Å². The maximum atomic E-state index is 11.2. The van der Waals surface area contributed by atoms with Gasteiger partial charge < -0.3 is 15.5 Å². The van der Waals surface area contributed by atoms with Crippen LogP contribution in [0.15, 0.2) is 0 Å². The molecular weight excluding hydrogens is 170 g/mol. The maximum Gasteiger partial charge on any atom is 0.317 e. The molecule has 0 aliphatic carbocycles. The molecule has 5 nitrogen and oxygen atoms in total. The van der Waals surface area contributed by atoms with Crippen molar-refractivity contribution in [2.75, 3.05) is 21.1 Å². The van der Waals surface area contributed by atoms with E-state index < -0.39 is 5.54 Å². The third-order valence-electron chi connectivity index (χ3n) is 1.62. The molecule has 0 aromatic rings. The van der Waals surface area contributed by atoms with E-state index in [4.69, 9.17) is 0 Å². The summed E-state index contributed by atoms with van der Waals surface area (Å²) >= 11 is 0. The smallest absolute Gasteiger partial charge is 0.317 e. The predicted molar refractivity (Wildman–Crippen MR) is 50.4 cm³/mol. The van der Waals surface area contributed by atoms with E-state index in [2.05, 4.69) is 10.6 Å². The van der Waals surface area contributed by atoms with Crippen LogP contribution < -0.4 is 10.6 Å². The Kier molecular flexibility index (Phi) is 3.71. The first-order chi connectivity index (χ1) is 5.81. The van der Waals surface area contributed by atoms with Gasteiger partial charge in [0.25, 0.3) is 0 Å². The highest BCUT2D eigenvalue weighted by molar-refractivity contribution is 5.89. The van der Waals surface area contributed by atoms with E-state index in [1.807, 2.05) is 0 Å². The number of hydrogen-bond donors (Lipinski definition) is 2. The fourth-order valence-electron chi connectivity index (χ4n) is 0.748. The second-order valence-corrected chi connectivity index (χ2v) is 3.53. The second kappa shape index (κ2) is 4.11. The number of hydrogen-bond acceptors (Lipinski definition) is 2. The zero-order valence-electron chi connectivity index (χ0n) is 8.76. The molecule has 0 atom stereocenters. The van der Waals surface area contributed by atoms with Crippen LogP contribution in [0.3, 0.4) is 0 Å². The number of amides is 3. The van der Waals surface area contributed by atoms with Crippen LogP contribution in [0.1, 0.15) is 13.8 Å². The number of nitrogens with one attached hydrogen (secondary N) is 2. The molecule has 76 valence electrons. The zero-order chi connectivity index (χ0) is 10.6. The van der Waals surface area contributed by atoms with Crippen molar-refractivity contribution in [1.29, 1.82) is 0 Å². The van der Waals surface area contributed by atoms with Gasteiger partial charge in [-0.15, -0.1) is 0 Å². The first-order valence-corrected chi connectivity index (χ1v) is 4.03. The van der Waals surface area contributed by atoms with Gasteiger partial charge in [0.2, 0.25) is 5.91 Å². The minimum absolute atomic E-state index is 0.220. The van der Waals surface area contributed by atoms with Crippen molar-refractivity contribution >= 4 is 11.9 Å². The Hall–Kier alpha value is -1.26. The molecule has 0 heterocycles. The number of nitrogens with zero attached hydrogens (tertiary/aromatic N) is 1. The van der Waals surface area contributed by atoms with Gasteiger partial charge in [-0.3, -0.25) is 4.79 Å². The summed E-state index contributed by atoms with van der Waals surface area (Å²) in [5.41, 5.74) is -0.879. The molecule has 5 heteroatoms. The molecule has 3 amide bonds. The van der Waals surface area contributed by atoms with Crippen molar-refractivity contribution < 1.29 is 9.59 Å². The highest BCUT2D eigenvalue weighted by Gasteiger charge is 2.28. The van der Waals surface area contributed by atoms with Crippen LogP contribution in [0.4, 0.5) is 4.79 Å². The summed E-state index contributed by atoms with van der Waals surface area (Å²) in [6, 6.07) is -0.284. The summed E-state index contributed by atoms with van der Waals surface area (Å²) in [5.74, 6) is -0.220. The molecule has 0 saturated heterocycles. The summed E-state index contributed by atoms with van der Waals surface area (Å²) in [7, 11) is 4.77. The fourth-order valence-corrected chi connectivity index (χ4v) is 0.748. The lowest BCUT2D eigenvalue weighted by Gasteiger charge is -2.26. The van der Waals surface area contributed by atoms with Crippen LogP contribution in [0.2, 0.25) is 0 Å². The van der Waals surface area contributed by atoms with Crippen molar-refractivity contribution in [3.63, 3.8) is 0 Å². The standard InChI is InChI=1S/C8H17N3O2/c1-8(2,6(12)9-3)10-7(13)11(4)5/h1-5H3,(H,9,12)(H,10,13). The molecule has 0 aliphatic rings. The van der Waals surface area contributed by atoms with Gasteiger partial charge in [-0.25, -0.2) is 4.79 Å². The minimum atomic E-state index is -0.879. The Morgan fingerprint density at radius 2 is 1.69 bits per heavy atom. The average Bonchev–Trinajstić information content (AvgIpc) is 2.01. The van der Waals surface area contributed by atoms with Gasteiger partial charge in [-0.05, 0) is 13.8 Å². The second-order valence-electron chi connectivity index (χ2n) is 3.53. The van der Waals surface area contributed by atoms with E-state index in [1.54, 1.807) is 27.9 Å². The van der Waals surface area contributed by atoms with Gasteiger partial charge in [0.05, 0.1) is 0 Å². The molecule has 0 spiro atoms. The van der Waals surface area contributed by atoms with Crippen molar-refractivity contribution in [3.05, 3.63) is 0 Å². The van der Waals surface area contributed by atoms with Gasteiger partial charge in [-0.1, -0.05) is 0 Å². The van der Waals surface area contributed by atoms with Crippen molar-refractivity contribution in [2.45, 2.75) is 19.4 Å². The van der Waals surface area contributed by atoms with E-state index in [0.29, 0.717) is 0 Å². The van der Waals surface area contributed by atoms with E-state index in [-0.39, 0.29) is 11.9 Å². The normalized spacial score (nSPS) is 10.5. The first-order valence-electron chi connectivity index (χ1n) is 4.03. The summed E-state index contributed by atoms with van der Waals surface area (Å²) in [4.78, 5) is 23.8. The Labute approximate surface area is 78.5 Å². The SMILES string of the molecule is CNC(=O)C(C)(C)NC(=O)N(C)C. The molecule has 0 unspecified atom stereocenters. The lowest BCUT2D eigenvalue weighted by molar-refractivity contribution is -0.125. The van der Waals surface area contributed by atoms with E-state index in [9.17, 15) is 9.59 Å². The molecule has 2 N–H and O–H groups in total. The largest absolute Gasteiger partial charge is 0.357 e. The summed E-state index contributed by atoms with van der Waals surface area (Å²) < 4.78 is 0. The zero-order valence-corrected chi connectivity index (χ0v) is 8.76. The monoisotopic (exact) mass is 187 g/mol. The molecule has 0 radical (unpaired) electrons. The first kappa shape index (κ1) is 11.7. The van der Waals surface area contributed by atoms with Gasteiger partial charge in [-0.2, -0.15) is 0 Å². The van der Waals surface area contributed by atoms with E-state index in [1.165, 1.54) is 11.9 Å². The van der Waals surface area contributed by atoms with Crippen LogP contribution in [-0.2, 0) is 4.79 Å². The van der Waals surface area contributed by atoms with E-state index >= 15 is 0 Å². The molecule has 0 aliphatic heterocycles. The molecule has 0 rings (SSSR count). The lowest BCUT2D eigenvalue weighted by Crippen LogP contribution is -2.56. The van der Waals surface area contributed by atoms with Gasteiger partial charge in [0.15, 0.2) is 0 Å². The van der Waals surface area contributed by atoms with Crippen LogP contribution in [0, 0.1) is 0 Å². The van der Waals surface area contributed by atoms with Crippen LogP contribution >= 0.6 is 0 Å². The van der Waals surface area contributed by atoms with Crippen molar-refractivity contribution in [1.82, 2.24) is 15.5 Å². The summed E-state index contributed by atoms with van der Waals surface area (Å²) in [5, 5.41) is 5.06. The average molecular weight is 187 g/mol. The third-order valence-corrected chi connectivity index (χ3v) is 1.62. The molecule has 0 bridgehead atoms. The highest BCUT2D eigenvalue weighted by atomic mass is 16.2. The predicted octanol–water partition coefficient (Wildman–Crippen LogP) is -0.218. The molecule has 0 aromatic carbocycles. The number of likely N-dealkylation sites (N-methyl/N-ethyl adjacent to an activating group) is 1. The Morgan fingerprint density at radius 3 is 2.00 bits per heavy atom. The number of carbonyl (C=O) groups excluding carboxylic acids is 2. The Balaban J connectivity index is 4.33.